The van der Waals surface area contributed by atoms with Crippen molar-refractivity contribution in [2.75, 3.05) is 18.5 Å². The Bertz CT molecular complexity index is 899. The third kappa shape index (κ3) is 7.51. The van der Waals surface area contributed by atoms with Gasteiger partial charge in [-0.05, 0) is 61.0 Å². The predicted molar refractivity (Wildman–Crippen MR) is 125 cm³/mol. The molecule has 5 nitrogen and oxygen atoms in total. The minimum Gasteiger partial charge on any atom is -0.492 e. The van der Waals surface area contributed by atoms with Gasteiger partial charge in [-0.2, -0.15) is 0 Å². The van der Waals surface area contributed by atoms with E-state index < -0.39 is 0 Å². The molecule has 0 saturated carbocycles. The lowest BCUT2D eigenvalue weighted by Crippen LogP contribution is -2.34. The molecule has 0 aliphatic rings. The first kappa shape index (κ1) is 22.9. The van der Waals surface area contributed by atoms with Gasteiger partial charge in [-0.25, -0.2) is 0 Å². The molecule has 0 unspecified atom stereocenters. The number of benzene rings is 2. The second-order valence-corrected chi connectivity index (χ2v) is 8.32. The monoisotopic (exact) mass is 476 g/mol. The van der Waals surface area contributed by atoms with Gasteiger partial charge in [0.25, 0.3) is 5.91 Å². The van der Waals surface area contributed by atoms with Gasteiger partial charge >= 0.3 is 0 Å². The molecule has 0 atom stereocenters. The number of rotatable bonds is 8. The van der Waals surface area contributed by atoms with Gasteiger partial charge in [0.2, 0.25) is 0 Å². The van der Waals surface area contributed by atoms with E-state index in [1.54, 1.807) is 12.1 Å². The minimum absolute atomic E-state index is 0.163. The fraction of sp³-hybridized carbons (Fsp3) is 0.273. The Labute approximate surface area is 185 Å². The maximum Gasteiger partial charge on any atom is 0.261 e. The molecule has 0 spiro atoms. The van der Waals surface area contributed by atoms with E-state index in [2.05, 4.69) is 33.1 Å². The van der Waals surface area contributed by atoms with Crippen LogP contribution in [-0.4, -0.2) is 24.2 Å². The van der Waals surface area contributed by atoms with Crippen LogP contribution in [0.2, 0.25) is 0 Å². The summed E-state index contributed by atoms with van der Waals surface area (Å²) in [5.74, 6) is 1.11. The SMILES string of the molecule is C=C(C)COc1ccccc1NC(=S)NC(=O)c1cc(Br)ccc1OCC(C)C. The summed E-state index contributed by atoms with van der Waals surface area (Å²) in [5.41, 5.74) is 1.96. The Balaban J connectivity index is 2.09. The van der Waals surface area contributed by atoms with Crippen molar-refractivity contribution in [3.63, 3.8) is 0 Å². The maximum absolute atomic E-state index is 12.8. The highest BCUT2D eigenvalue weighted by Gasteiger charge is 2.16. The molecule has 0 heterocycles. The molecule has 29 heavy (non-hydrogen) atoms. The van der Waals surface area contributed by atoms with Crippen molar-refractivity contribution in [1.29, 1.82) is 0 Å². The molecule has 154 valence electrons. The van der Waals surface area contributed by atoms with Crippen LogP contribution in [0.3, 0.4) is 0 Å². The average molecular weight is 477 g/mol. The summed E-state index contributed by atoms with van der Waals surface area (Å²) in [6.07, 6.45) is 0. The maximum atomic E-state index is 12.8. The van der Waals surface area contributed by atoms with Crippen LogP contribution in [0.15, 0.2) is 59.1 Å². The largest absolute Gasteiger partial charge is 0.492 e. The van der Waals surface area contributed by atoms with Crippen LogP contribution in [0.5, 0.6) is 11.5 Å². The van der Waals surface area contributed by atoms with Crippen LogP contribution in [-0.2, 0) is 0 Å². The van der Waals surface area contributed by atoms with Crippen LogP contribution in [0, 0.1) is 5.92 Å². The van der Waals surface area contributed by atoms with E-state index in [1.807, 2.05) is 51.1 Å². The summed E-state index contributed by atoms with van der Waals surface area (Å²) in [4.78, 5) is 12.8. The number of hydrogen-bond donors (Lipinski definition) is 2. The Kier molecular flexibility index (Phi) is 8.67. The third-order valence-electron chi connectivity index (χ3n) is 3.59. The van der Waals surface area contributed by atoms with Crippen LogP contribution in [0.4, 0.5) is 5.69 Å². The molecule has 0 radical (unpaired) electrons. The first-order valence-electron chi connectivity index (χ1n) is 9.17. The number of anilines is 1. The highest BCUT2D eigenvalue weighted by Crippen LogP contribution is 2.25. The van der Waals surface area contributed by atoms with Crippen molar-refractivity contribution < 1.29 is 14.3 Å². The second kappa shape index (κ2) is 11.0. The Morgan fingerprint density at radius 1 is 1.17 bits per heavy atom. The molecular weight excluding hydrogens is 452 g/mol. The molecule has 1 amide bonds. The molecule has 0 aliphatic heterocycles. The number of carbonyl (C=O) groups excluding carboxylic acids is 1. The molecule has 2 aromatic rings. The zero-order valence-electron chi connectivity index (χ0n) is 16.8. The van der Waals surface area contributed by atoms with E-state index in [0.29, 0.717) is 41.9 Å². The Morgan fingerprint density at radius 3 is 2.59 bits per heavy atom. The number of hydrogen-bond acceptors (Lipinski definition) is 4. The zero-order valence-corrected chi connectivity index (χ0v) is 19.2. The molecule has 0 bridgehead atoms. The molecule has 0 saturated heterocycles. The number of nitrogens with one attached hydrogen (secondary N) is 2. The highest BCUT2D eigenvalue weighted by atomic mass is 79.9. The molecule has 2 N–H and O–H groups in total. The summed E-state index contributed by atoms with van der Waals surface area (Å²) in [6, 6.07) is 12.7. The molecule has 2 aromatic carbocycles. The summed E-state index contributed by atoms with van der Waals surface area (Å²) >= 11 is 8.72. The molecule has 0 fully saturated rings. The number of carbonyl (C=O) groups is 1. The van der Waals surface area contributed by atoms with E-state index in [1.165, 1.54) is 0 Å². The lowest BCUT2D eigenvalue weighted by molar-refractivity contribution is 0.0973. The summed E-state index contributed by atoms with van der Waals surface area (Å²) in [7, 11) is 0. The molecule has 0 aromatic heterocycles. The van der Waals surface area contributed by atoms with Crippen molar-refractivity contribution in [2.45, 2.75) is 20.8 Å². The first-order chi connectivity index (χ1) is 13.8. The number of para-hydroxylation sites is 2. The topological polar surface area (TPSA) is 59.6 Å². The van der Waals surface area contributed by atoms with E-state index in [4.69, 9.17) is 21.7 Å². The normalized spacial score (nSPS) is 10.4. The fourth-order valence-electron chi connectivity index (χ4n) is 2.28. The van der Waals surface area contributed by atoms with E-state index >= 15 is 0 Å². The molecule has 7 heteroatoms. The minimum atomic E-state index is -0.358. The Hall–Kier alpha value is -2.38. The summed E-state index contributed by atoms with van der Waals surface area (Å²) < 4.78 is 12.3. The van der Waals surface area contributed by atoms with Crippen molar-refractivity contribution >= 4 is 44.9 Å². The number of halogens is 1. The fourth-order valence-corrected chi connectivity index (χ4v) is 2.85. The lowest BCUT2D eigenvalue weighted by Gasteiger charge is -2.16. The van der Waals surface area contributed by atoms with Crippen LogP contribution < -0.4 is 20.1 Å². The van der Waals surface area contributed by atoms with Gasteiger partial charge in [-0.3, -0.25) is 10.1 Å². The lowest BCUT2D eigenvalue weighted by atomic mass is 10.2. The Morgan fingerprint density at radius 2 is 1.90 bits per heavy atom. The van der Waals surface area contributed by atoms with Gasteiger partial charge in [-0.1, -0.05) is 48.5 Å². The van der Waals surface area contributed by atoms with Gasteiger partial charge in [0.1, 0.15) is 18.1 Å². The van der Waals surface area contributed by atoms with Gasteiger partial charge in [0.05, 0.1) is 17.9 Å². The standard InChI is InChI=1S/C22H25BrN2O3S/c1-14(2)12-27-19-10-9-16(23)11-17(19)21(26)25-22(29)24-18-7-5-6-8-20(18)28-13-15(3)4/h5-11,14H,3,12-13H2,1-2,4H3,(H2,24,25,26,29). The summed E-state index contributed by atoms with van der Waals surface area (Å²) in [5, 5.41) is 5.87. The molecular formula is C22H25BrN2O3S. The van der Waals surface area contributed by atoms with Crippen molar-refractivity contribution in [1.82, 2.24) is 5.32 Å². The van der Waals surface area contributed by atoms with Gasteiger partial charge in [0.15, 0.2) is 5.11 Å². The number of amides is 1. The van der Waals surface area contributed by atoms with Gasteiger partial charge in [0, 0.05) is 4.47 Å². The zero-order chi connectivity index (χ0) is 21.4. The van der Waals surface area contributed by atoms with Gasteiger partial charge < -0.3 is 14.8 Å². The van der Waals surface area contributed by atoms with E-state index in [9.17, 15) is 4.79 Å². The second-order valence-electron chi connectivity index (χ2n) is 7.00. The van der Waals surface area contributed by atoms with Crippen LogP contribution in [0.1, 0.15) is 31.1 Å². The molecule has 0 aliphatic carbocycles. The average Bonchev–Trinajstić information content (AvgIpc) is 2.66. The highest BCUT2D eigenvalue weighted by molar-refractivity contribution is 9.10. The van der Waals surface area contributed by atoms with Crippen LogP contribution >= 0.6 is 28.1 Å². The summed E-state index contributed by atoms with van der Waals surface area (Å²) in [6.45, 7) is 10.7. The van der Waals surface area contributed by atoms with Crippen LogP contribution in [0.25, 0.3) is 0 Å². The smallest absolute Gasteiger partial charge is 0.261 e. The van der Waals surface area contributed by atoms with E-state index in [0.717, 1.165) is 10.0 Å². The number of thiocarbonyl (C=S) groups is 1. The first-order valence-corrected chi connectivity index (χ1v) is 10.4. The quantitative estimate of drug-likeness (QED) is 0.385. The van der Waals surface area contributed by atoms with Crippen molar-refractivity contribution in [3.05, 3.63) is 64.7 Å². The molecule has 2 rings (SSSR count). The van der Waals surface area contributed by atoms with Crippen molar-refractivity contribution in [3.8, 4) is 11.5 Å². The van der Waals surface area contributed by atoms with Gasteiger partial charge in [-0.15, -0.1) is 0 Å². The van der Waals surface area contributed by atoms with E-state index in [-0.39, 0.29) is 11.0 Å². The third-order valence-corrected chi connectivity index (χ3v) is 4.29. The number of ether oxygens (including phenoxy) is 2. The van der Waals surface area contributed by atoms with Crippen molar-refractivity contribution in [2.24, 2.45) is 5.92 Å². The predicted octanol–water partition coefficient (Wildman–Crippen LogP) is 5.57.